The number of sulfone groups is 1. The summed E-state index contributed by atoms with van der Waals surface area (Å²) in [6.45, 7) is 6.26. The highest BCUT2D eigenvalue weighted by Gasteiger charge is 2.29. The van der Waals surface area contributed by atoms with Crippen molar-refractivity contribution in [2.45, 2.75) is 32.1 Å². The highest BCUT2D eigenvalue weighted by atomic mass is 32.2. The summed E-state index contributed by atoms with van der Waals surface area (Å²) in [4.78, 5) is 14.4. The monoisotopic (exact) mass is 318 g/mol. The molecule has 20 heavy (non-hydrogen) atoms. The quantitative estimate of drug-likeness (QED) is 0.815. The molecule has 1 aromatic rings. The molecule has 0 aliphatic rings. The molecule has 0 aliphatic carbocycles. The summed E-state index contributed by atoms with van der Waals surface area (Å²) in [5.41, 5.74) is 6.04. The van der Waals surface area contributed by atoms with Gasteiger partial charge in [-0.15, -0.1) is 11.3 Å². The van der Waals surface area contributed by atoms with E-state index in [1.54, 1.807) is 13.8 Å². The van der Waals surface area contributed by atoms with Gasteiger partial charge in [0.25, 0.3) is 0 Å². The maximum Gasteiger partial charge on any atom is 0.180 e. The van der Waals surface area contributed by atoms with Gasteiger partial charge in [-0.05, 0) is 6.42 Å². The van der Waals surface area contributed by atoms with Gasteiger partial charge in [-0.2, -0.15) is 0 Å². The first kappa shape index (κ1) is 17.0. The third kappa shape index (κ3) is 3.32. The molecule has 0 amide bonds. The van der Waals surface area contributed by atoms with E-state index in [-0.39, 0.29) is 22.3 Å². The highest BCUT2D eigenvalue weighted by Crippen LogP contribution is 2.42. The van der Waals surface area contributed by atoms with Gasteiger partial charge >= 0.3 is 0 Å². The number of ketones is 1. The standard InChI is InChI=1S/C13H22N2O3S2/c1-6-7-15(4)13-12(20(5,17)18)9(14)11(19-13)10(16)8(2)3/h8H,6-7,14H2,1-5H3. The van der Waals surface area contributed by atoms with Crippen LogP contribution in [0.4, 0.5) is 10.7 Å². The van der Waals surface area contributed by atoms with Crippen molar-refractivity contribution in [3.05, 3.63) is 4.88 Å². The number of carbonyl (C=O) groups excluding carboxylic acids is 1. The number of carbonyl (C=O) groups is 1. The molecule has 1 aromatic heterocycles. The lowest BCUT2D eigenvalue weighted by atomic mass is 10.1. The minimum atomic E-state index is -3.47. The van der Waals surface area contributed by atoms with Gasteiger partial charge < -0.3 is 10.6 Å². The normalized spacial score (nSPS) is 11.9. The molecular weight excluding hydrogens is 296 g/mol. The largest absolute Gasteiger partial charge is 0.396 e. The van der Waals surface area contributed by atoms with Crippen LogP contribution in [0.3, 0.4) is 0 Å². The zero-order chi connectivity index (χ0) is 15.7. The lowest BCUT2D eigenvalue weighted by Crippen LogP contribution is -2.19. The Morgan fingerprint density at radius 3 is 2.35 bits per heavy atom. The lowest BCUT2D eigenvalue weighted by Gasteiger charge is -2.17. The van der Waals surface area contributed by atoms with E-state index in [1.807, 2.05) is 18.9 Å². The van der Waals surface area contributed by atoms with Gasteiger partial charge in [0.2, 0.25) is 0 Å². The van der Waals surface area contributed by atoms with Gasteiger partial charge in [0, 0.05) is 25.8 Å². The van der Waals surface area contributed by atoms with Crippen LogP contribution in [0.15, 0.2) is 4.90 Å². The van der Waals surface area contributed by atoms with Gasteiger partial charge in [0.05, 0.1) is 10.6 Å². The van der Waals surface area contributed by atoms with Crippen LogP contribution in [0.1, 0.15) is 36.9 Å². The Morgan fingerprint density at radius 1 is 1.40 bits per heavy atom. The number of anilines is 2. The van der Waals surface area contributed by atoms with Gasteiger partial charge in [-0.3, -0.25) is 4.79 Å². The highest BCUT2D eigenvalue weighted by molar-refractivity contribution is 7.91. The van der Waals surface area contributed by atoms with Crippen LogP contribution in [0.5, 0.6) is 0 Å². The van der Waals surface area contributed by atoms with E-state index in [9.17, 15) is 13.2 Å². The van der Waals surface area contributed by atoms with E-state index in [2.05, 4.69) is 0 Å². The van der Waals surface area contributed by atoms with Gasteiger partial charge in [0.1, 0.15) is 9.90 Å². The first-order chi connectivity index (χ1) is 9.11. The van der Waals surface area contributed by atoms with E-state index in [4.69, 9.17) is 5.73 Å². The van der Waals surface area contributed by atoms with E-state index in [0.29, 0.717) is 16.4 Å². The summed E-state index contributed by atoms with van der Waals surface area (Å²) in [6.07, 6.45) is 2.00. The summed E-state index contributed by atoms with van der Waals surface area (Å²) in [6, 6.07) is 0. The van der Waals surface area contributed by atoms with Crippen molar-refractivity contribution in [3.63, 3.8) is 0 Å². The molecule has 5 nitrogen and oxygen atoms in total. The maximum absolute atomic E-state index is 12.2. The molecule has 0 radical (unpaired) electrons. The summed E-state index contributed by atoms with van der Waals surface area (Å²) in [5.74, 6) is -0.332. The second kappa shape index (κ2) is 6.13. The van der Waals surface area contributed by atoms with Gasteiger partial charge in [0.15, 0.2) is 15.6 Å². The van der Waals surface area contributed by atoms with Crippen molar-refractivity contribution in [2.24, 2.45) is 5.92 Å². The Hall–Kier alpha value is -1.08. The molecule has 1 rings (SSSR count). The predicted octanol–water partition coefficient (Wildman–Crippen LogP) is 2.42. The van der Waals surface area contributed by atoms with E-state index >= 15 is 0 Å². The minimum absolute atomic E-state index is 0.0856. The Bertz CT molecular complexity index is 603. The first-order valence-electron chi connectivity index (χ1n) is 6.48. The summed E-state index contributed by atoms with van der Waals surface area (Å²) in [5, 5.41) is 0.552. The zero-order valence-electron chi connectivity index (χ0n) is 12.6. The van der Waals surface area contributed by atoms with Crippen LogP contribution >= 0.6 is 11.3 Å². The average molecular weight is 318 g/mol. The number of hydrogen-bond acceptors (Lipinski definition) is 6. The Morgan fingerprint density at radius 2 is 1.95 bits per heavy atom. The fraction of sp³-hybridized carbons (Fsp3) is 0.615. The molecule has 0 atom stereocenters. The van der Waals surface area contributed by atoms with Crippen LogP contribution in [-0.4, -0.2) is 34.0 Å². The molecule has 0 saturated carbocycles. The fourth-order valence-electron chi connectivity index (χ4n) is 1.91. The predicted molar refractivity (Wildman–Crippen MR) is 84.6 cm³/mol. The number of Topliss-reactive ketones (excluding diaryl/α,β-unsaturated/α-hetero) is 1. The van der Waals surface area contributed by atoms with Crippen molar-refractivity contribution in [1.29, 1.82) is 0 Å². The molecule has 0 spiro atoms. The van der Waals surface area contributed by atoms with Crippen LogP contribution in [0.2, 0.25) is 0 Å². The van der Waals surface area contributed by atoms with Crippen LogP contribution in [-0.2, 0) is 9.84 Å². The number of nitrogens with zero attached hydrogens (tertiary/aromatic N) is 1. The minimum Gasteiger partial charge on any atom is -0.396 e. The van der Waals surface area contributed by atoms with Crippen molar-refractivity contribution in [1.82, 2.24) is 0 Å². The molecular formula is C13H22N2O3S2. The molecule has 0 saturated heterocycles. The van der Waals surface area contributed by atoms with Crippen molar-refractivity contribution in [2.75, 3.05) is 30.5 Å². The molecule has 7 heteroatoms. The molecule has 114 valence electrons. The maximum atomic E-state index is 12.2. The SMILES string of the molecule is CCCN(C)c1sc(C(=O)C(C)C)c(N)c1S(C)(=O)=O. The molecule has 1 heterocycles. The van der Waals surface area contributed by atoms with Crippen LogP contribution in [0, 0.1) is 5.92 Å². The zero-order valence-corrected chi connectivity index (χ0v) is 14.2. The number of thiophene rings is 1. The average Bonchev–Trinajstić information content (AvgIpc) is 2.65. The molecule has 2 N–H and O–H groups in total. The second-order valence-electron chi connectivity index (χ2n) is 5.19. The fourth-order valence-corrected chi connectivity index (χ4v) is 4.72. The Kier molecular flexibility index (Phi) is 5.21. The van der Waals surface area contributed by atoms with Crippen LogP contribution < -0.4 is 10.6 Å². The smallest absolute Gasteiger partial charge is 0.180 e. The van der Waals surface area contributed by atoms with Gasteiger partial charge in [-0.25, -0.2) is 8.42 Å². The van der Waals surface area contributed by atoms with Crippen LogP contribution in [0.25, 0.3) is 0 Å². The third-order valence-corrected chi connectivity index (χ3v) is 5.53. The summed E-state index contributed by atoms with van der Waals surface area (Å²) < 4.78 is 24.0. The Labute approximate surface area is 124 Å². The number of hydrogen-bond donors (Lipinski definition) is 1. The van der Waals surface area contributed by atoms with E-state index in [0.717, 1.165) is 12.7 Å². The summed E-state index contributed by atoms with van der Waals surface area (Å²) >= 11 is 1.17. The topological polar surface area (TPSA) is 80.5 Å². The second-order valence-corrected chi connectivity index (χ2v) is 8.14. The first-order valence-corrected chi connectivity index (χ1v) is 9.19. The van der Waals surface area contributed by atoms with Crippen molar-refractivity contribution in [3.8, 4) is 0 Å². The molecule has 0 bridgehead atoms. The van der Waals surface area contributed by atoms with E-state index < -0.39 is 9.84 Å². The molecule has 0 fully saturated rings. The number of rotatable bonds is 6. The van der Waals surface area contributed by atoms with E-state index in [1.165, 1.54) is 11.3 Å². The molecule has 0 aliphatic heterocycles. The number of nitrogens with two attached hydrogens (primary N) is 1. The summed E-state index contributed by atoms with van der Waals surface area (Å²) in [7, 11) is -1.66. The van der Waals surface area contributed by atoms with Crippen molar-refractivity contribution < 1.29 is 13.2 Å². The van der Waals surface area contributed by atoms with Crippen molar-refractivity contribution >= 4 is 37.6 Å². The van der Waals surface area contributed by atoms with Gasteiger partial charge in [-0.1, -0.05) is 20.8 Å². The number of nitrogen functional groups attached to an aromatic ring is 1. The molecule has 0 unspecified atom stereocenters. The lowest BCUT2D eigenvalue weighted by molar-refractivity contribution is 0.0944. The third-order valence-electron chi connectivity index (χ3n) is 2.91. The Balaban J connectivity index is 3.51. The molecule has 0 aromatic carbocycles.